The summed E-state index contributed by atoms with van der Waals surface area (Å²) >= 11 is 5.07. The standard InChI is InChI=1S/C23H23N3O4S/c1-15(2)30-20-10-6-5-9-19(20)22(28)24-23(31)26-25-21(27)14-29-18-12-11-16-7-3-4-8-17(16)13-18/h3-13,15H,14H2,1-2H3,(H,25,27)(H2,24,26,28,31). The molecule has 0 radical (unpaired) electrons. The van der Waals surface area contributed by atoms with Crippen LogP contribution in [0.25, 0.3) is 10.8 Å². The van der Waals surface area contributed by atoms with E-state index in [0.29, 0.717) is 17.1 Å². The highest BCUT2D eigenvalue weighted by Crippen LogP contribution is 2.20. The summed E-state index contributed by atoms with van der Waals surface area (Å²) in [5.41, 5.74) is 5.22. The number of benzene rings is 3. The first-order valence-corrected chi connectivity index (χ1v) is 10.1. The summed E-state index contributed by atoms with van der Waals surface area (Å²) in [6, 6.07) is 20.3. The summed E-state index contributed by atoms with van der Waals surface area (Å²) in [5, 5.41) is 4.56. The molecular weight excluding hydrogens is 414 g/mol. The predicted octanol–water partition coefficient (Wildman–Crippen LogP) is 3.34. The molecule has 31 heavy (non-hydrogen) atoms. The summed E-state index contributed by atoms with van der Waals surface area (Å²) in [4.78, 5) is 24.5. The molecule has 0 heterocycles. The lowest BCUT2D eigenvalue weighted by Crippen LogP contribution is -2.49. The van der Waals surface area contributed by atoms with Gasteiger partial charge in [-0.05, 0) is 61.1 Å². The number of para-hydroxylation sites is 1. The zero-order valence-corrected chi connectivity index (χ0v) is 18.0. The number of rotatable bonds is 6. The van der Waals surface area contributed by atoms with Crippen molar-refractivity contribution < 1.29 is 19.1 Å². The lowest BCUT2D eigenvalue weighted by molar-refractivity contribution is -0.123. The molecule has 3 aromatic rings. The summed E-state index contributed by atoms with van der Waals surface area (Å²) in [7, 11) is 0. The second-order valence-corrected chi connectivity index (χ2v) is 7.33. The Balaban J connectivity index is 1.46. The van der Waals surface area contributed by atoms with E-state index >= 15 is 0 Å². The van der Waals surface area contributed by atoms with Crippen LogP contribution in [0.3, 0.4) is 0 Å². The molecule has 0 unspecified atom stereocenters. The van der Waals surface area contributed by atoms with E-state index in [1.165, 1.54) is 0 Å². The average molecular weight is 438 g/mol. The lowest BCUT2D eigenvalue weighted by atomic mass is 10.1. The fourth-order valence-electron chi connectivity index (χ4n) is 2.78. The molecule has 160 valence electrons. The highest BCUT2D eigenvalue weighted by atomic mass is 32.1. The fourth-order valence-corrected chi connectivity index (χ4v) is 2.92. The number of carbonyl (C=O) groups is 2. The van der Waals surface area contributed by atoms with Crippen molar-refractivity contribution in [2.75, 3.05) is 6.61 Å². The van der Waals surface area contributed by atoms with Crippen LogP contribution in [0.15, 0.2) is 66.7 Å². The monoisotopic (exact) mass is 437 g/mol. The van der Waals surface area contributed by atoms with Crippen LogP contribution in [0.4, 0.5) is 0 Å². The SMILES string of the molecule is CC(C)Oc1ccccc1C(=O)NC(=S)NNC(=O)COc1ccc2ccccc2c1. The van der Waals surface area contributed by atoms with Gasteiger partial charge in [0.05, 0.1) is 11.7 Å². The summed E-state index contributed by atoms with van der Waals surface area (Å²) < 4.78 is 11.1. The lowest BCUT2D eigenvalue weighted by Gasteiger charge is -2.15. The molecule has 2 amide bonds. The Bertz CT molecular complexity index is 1100. The van der Waals surface area contributed by atoms with E-state index in [1.54, 1.807) is 30.3 Å². The van der Waals surface area contributed by atoms with Crippen LogP contribution in [0.5, 0.6) is 11.5 Å². The van der Waals surface area contributed by atoms with Gasteiger partial charge in [0.15, 0.2) is 11.7 Å². The Kier molecular flexibility index (Phi) is 7.40. The van der Waals surface area contributed by atoms with Crippen molar-refractivity contribution >= 4 is 39.9 Å². The van der Waals surface area contributed by atoms with Gasteiger partial charge in [-0.1, -0.05) is 42.5 Å². The van der Waals surface area contributed by atoms with Gasteiger partial charge in [0.25, 0.3) is 11.8 Å². The minimum absolute atomic E-state index is 0.0524. The van der Waals surface area contributed by atoms with Crippen molar-refractivity contribution in [1.29, 1.82) is 0 Å². The van der Waals surface area contributed by atoms with Gasteiger partial charge in [0.2, 0.25) is 0 Å². The van der Waals surface area contributed by atoms with Crippen molar-refractivity contribution in [2.45, 2.75) is 20.0 Å². The quantitative estimate of drug-likeness (QED) is 0.405. The van der Waals surface area contributed by atoms with Crippen molar-refractivity contribution in [3.8, 4) is 11.5 Å². The number of ether oxygens (including phenoxy) is 2. The molecule has 3 rings (SSSR count). The van der Waals surface area contributed by atoms with Gasteiger partial charge in [0.1, 0.15) is 11.5 Å². The third kappa shape index (κ3) is 6.42. The zero-order chi connectivity index (χ0) is 22.2. The number of hydrogen-bond acceptors (Lipinski definition) is 5. The van der Waals surface area contributed by atoms with E-state index in [0.717, 1.165) is 10.8 Å². The van der Waals surface area contributed by atoms with Gasteiger partial charge < -0.3 is 9.47 Å². The first-order valence-electron chi connectivity index (χ1n) is 9.70. The van der Waals surface area contributed by atoms with E-state index in [-0.39, 0.29) is 17.8 Å². The Labute approximate surface area is 185 Å². The smallest absolute Gasteiger partial charge is 0.276 e. The molecule has 0 aliphatic rings. The minimum atomic E-state index is -0.451. The molecule has 0 atom stereocenters. The average Bonchev–Trinajstić information content (AvgIpc) is 2.76. The van der Waals surface area contributed by atoms with E-state index in [2.05, 4.69) is 16.2 Å². The summed E-state index contributed by atoms with van der Waals surface area (Å²) in [5.74, 6) is 0.126. The van der Waals surface area contributed by atoms with Gasteiger partial charge in [-0.15, -0.1) is 0 Å². The van der Waals surface area contributed by atoms with Crippen LogP contribution in [-0.4, -0.2) is 29.6 Å². The van der Waals surface area contributed by atoms with Crippen molar-refractivity contribution in [1.82, 2.24) is 16.2 Å². The van der Waals surface area contributed by atoms with Crippen LogP contribution >= 0.6 is 12.2 Å². The maximum absolute atomic E-state index is 12.5. The third-order valence-electron chi connectivity index (χ3n) is 4.13. The Morgan fingerprint density at radius 1 is 0.935 bits per heavy atom. The molecule has 3 N–H and O–H groups in total. The Hall–Kier alpha value is -3.65. The highest BCUT2D eigenvalue weighted by molar-refractivity contribution is 7.80. The second-order valence-electron chi connectivity index (χ2n) is 6.92. The number of nitrogens with one attached hydrogen (secondary N) is 3. The first-order chi connectivity index (χ1) is 14.9. The summed E-state index contributed by atoms with van der Waals surface area (Å²) in [6.07, 6.45) is -0.0825. The molecule has 3 aromatic carbocycles. The normalized spacial score (nSPS) is 10.4. The summed E-state index contributed by atoms with van der Waals surface area (Å²) in [6.45, 7) is 3.53. The fraction of sp³-hybridized carbons (Fsp3) is 0.174. The molecule has 8 heteroatoms. The predicted molar refractivity (Wildman–Crippen MR) is 123 cm³/mol. The second kappa shape index (κ2) is 10.4. The maximum Gasteiger partial charge on any atom is 0.276 e. The van der Waals surface area contributed by atoms with Crippen LogP contribution in [-0.2, 0) is 4.79 Å². The number of hydrazine groups is 1. The van der Waals surface area contributed by atoms with E-state index < -0.39 is 11.8 Å². The van der Waals surface area contributed by atoms with E-state index in [9.17, 15) is 9.59 Å². The van der Waals surface area contributed by atoms with E-state index in [4.69, 9.17) is 21.7 Å². The Morgan fingerprint density at radius 2 is 1.65 bits per heavy atom. The first kappa shape index (κ1) is 22.0. The third-order valence-corrected chi connectivity index (χ3v) is 4.33. The van der Waals surface area contributed by atoms with Crippen LogP contribution in [0, 0.1) is 0 Å². The maximum atomic E-state index is 12.5. The molecule has 0 aliphatic carbocycles. The molecule has 0 aliphatic heterocycles. The van der Waals surface area contributed by atoms with Crippen molar-refractivity contribution in [3.05, 3.63) is 72.3 Å². The zero-order valence-electron chi connectivity index (χ0n) is 17.2. The molecular formula is C23H23N3O4S. The largest absolute Gasteiger partial charge is 0.490 e. The van der Waals surface area contributed by atoms with Crippen LogP contribution < -0.4 is 25.6 Å². The van der Waals surface area contributed by atoms with Gasteiger partial charge in [-0.2, -0.15) is 0 Å². The van der Waals surface area contributed by atoms with Gasteiger partial charge in [-0.3, -0.25) is 25.8 Å². The topological polar surface area (TPSA) is 88.7 Å². The number of carbonyl (C=O) groups excluding carboxylic acids is 2. The van der Waals surface area contributed by atoms with Crippen molar-refractivity contribution in [2.24, 2.45) is 0 Å². The molecule has 0 bridgehead atoms. The van der Waals surface area contributed by atoms with Gasteiger partial charge in [0, 0.05) is 0 Å². The number of fused-ring (bicyclic) bond motifs is 1. The number of thiocarbonyl (C=S) groups is 1. The van der Waals surface area contributed by atoms with Crippen LogP contribution in [0.1, 0.15) is 24.2 Å². The van der Waals surface area contributed by atoms with Crippen molar-refractivity contribution in [3.63, 3.8) is 0 Å². The van der Waals surface area contributed by atoms with Gasteiger partial charge in [-0.25, -0.2) is 0 Å². The molecule has 0 fully saturated rings. The minimum Gasteiger partial charge on any atom is -0.490 e. The molecule has 0 saturated carbocycles. The van der Waals surface area contributed by atoms with Gasteiger partial charge >= 0.3 is 0 Å². The number of hydrogen-bond donors (Lipinski definition) is 3. The molecule has 0 saturated heterocycles. The van der Waals surface area contributed by atoms with Crippen LogP contribution in [0.2, 0.25) is 0 Å². The highest BCUT2D eigenvalue weighted by Gasteiger charge is 2.14. The molecule has 0 spiro atoms. The molecule has 0 aromatic heterocycles. The molecule has 7 nitrogen and oxygen atoms in total. The van der Waals surface area contributed by atoms with E-state index in [1.807, 2.05) is 50.2 Å². The number of amides is 2. The Morgan fingerprint density at radius 3 is 2.42 bits per heavy atom.